The Kier molecular flexibility index (Phi) is 40.0. The van der Waals surface area contributed by atoms with Gasteiger partial charge in [-0.3, -0.25) is 37.3 Å². The molecule has 0 saturated heterocycles. The standard InChI is InChI=1S/C45H86O17P2/c1-5-9-12-15-17-19-20-22-25-28-32-45(50)61-40(35-55-42(47)29-8-4)37-59-63(51,52)57-33-39(46)34-58-64(53,54)60-38-41(62-44(49)31-27-23-14-11-7-3)36-56-43(48)30-26-24-21-18-16-13-10-6-2/h39-41,46H,5-38H2,1-4H3,(H,51,52)(H,53,54)/t39-,40-,41-/m1/s1. The highest BCUT2D eigenvalue weighted by atomic mass is 31.2. The highest BCUT2D eigenvalue weighted by molar-refractivity contribution is 7.47. The van der Waals surface area contributed by atoms with E-state index < -0.39 is 97.5 Å². The Morgan fingerprint density at radius 2 is 0.656 bits per heavy atom. The third-order valence-electron chi connectivity index (χ3n) is 10.1. The van der Waals surface area contributed by atoms with E-state index in [0.717, 1.165) is 77.0 Å². The number of ether oxygens (including phenoxy) is 4. The first-order chi connectivity index (χ1) is 30.7. The van der Waals surface area contributed by atoms with Crippen LogP contribution < -0.4 is 0 Å². The van der Waals surface area contributed by atoms with E-state index in [1.807, 2.05) is 0 Å². The Morgan fingerprint density at radius 3 is 0.984 bits per heavy atom. The highest BCUT2D eigenvalue weighted by Gasteiger charge is 2.30. The molecule has 0 aliphatic rings. The molecule has 0 aromatic rings. The van der Waals surface area contributed by atoms with Crippen LogP contribution in [0.1, 0.15) is 207 Å². The number of carbonyl (C=O) groups excluding carboxylic acids is 4. The lowest BCUT2D eigenvalue weighted by atomic mass is 10.1. The Morgan fingerprint density at radius 1 is 0.375 bits per heavy atom. The highest BCUT2D eigenvalue weighted by Crippen LogP contribution is 2.45. The van der Waals surface area contributed by atoms with Crippen LogP contribution in [0.5, 0.6) is 0 Å². The van der Waals surface area contributed by atoms with Gasteiger partial charge in [0, 0.05) is 25.7 Å². The topological polar surface area (TPSA) is 237 Å². The van der Waals surface area contributed by atoms with Crippen molar-refractivity contribution in [2.75, 3.05) is 39.6 Å². The molecule has 19 heteroatoms. The van der Waals surface area contributed by atoms with E-state index in [4.69, 9.17) is 37.0 Å². The summed E-state index contributed by atoms with van der Waals surface area (Å²) in [6.07, 6.45) is 20.5. The van der Waals surface area contributed by atoms with Crippen LogP contribution in [0.4, 0.5) is 0 Å². The lowest BCUT2D eigenvalue weighted by molar-refractivity contribution is -0.161. The third kappa shape index (κ3) is 40.3. The van der Waals surface area contributed by atoms with Crippen molar-refractivity contribution in [3.63, 3.8) is 0 Å². The number of rotatable bonds is 46. The first kappa shape index (κ1) is 62.1. The number of hydrogen-bond acceptors (Lipinski definition) is 15. The second-order valence-corrected chi connectivity index (χ2v) is 19.3. The summed E-state index contributed by atoms with van der Waals surface area (Å²) in [6.45, 7) is 4.23. The number of unbranched alkanes of at least 4 members (excludes halogenated alkanes) is 20. The first-order valence-electron chi connectivity index (χ1n) is 24.3. The van der Waals surface area contributed by atoms with Gasteiger partial charge in [-0.2, -0.15) is 0 Å². The van der Waals surface area contributed by atoms with Crippen molar-refractivity contribution in [1.29, 1.82) is 0 Å². The minimum Gasteiger partial charge on any atom is -0.462 e. The SMILES string of the molecule is CCCCCCCCCCCCC(=O)O[C@H](COC(=O)CCC)COP(=O)(O)OC[C@@H](O)COP(=O)(O)OC[C@@H](COC(=O)CCCCCCCCCC)OC(=O)CCCCCCC. The van der Waals surface area contributed by atoms with Gasteiger partial charge in [0.15, 0.2) is 12.2 Å². The maximum atomic E-state index is 12.7. The molecule has 0 rings (SSSR count). The predicted molar refractivity (Wildman–Crippen MR) is 243 cm³/mol. The van der Waals surface area contributed by atoms with Crippen LogP contribution in [0.25, 0.3) is 0 Å². The smallest absolute Gasteiger partial charge is 0.462 e. The third-order valence-corrected chi connectivity index (χ3v) is 12.0. The molecule has 0 fully saturated rings. The molecule has 0 aliphatic carbocycles. The maximum absolute atomic E-state index is 12.7. The summed E-state index contributed by atoms with van der Waals surface area (Å²) in [4.78, 5) is 70.1. The van der Waals surface area contributed by atoms with E-state index in [-0.39, 0.29) is 25.7 Å². The van der Waals surface area contributed by atoms with Gasteiger partial charge in [-0.1, -0.05) is 156 Å². The van der Waals surface area contributed by atoms with Crippen molar-refractivity contribution in [1.82, 2.24) is 0 Å². The summed E-state index contributed by atoms with van der Waals surface area (Å²) in [6, 6.07) is 0. The van der Waals surface area contributed by atoms with Crippen molar-refractivity contribution >= 4 is 39.5 Å². The van der Waals surface area contributed by atoms with Crippen LogP contribution in [0.3, 0.4) is 0 Å². The van der Waals surface area contributed by atoms with Gasteiger partial charge in [0.05, 0.1) is 26.4 Å². The minimum atomic E-state index is -4.91. The Bertz CT molecular complexity index is 1290. The van der Waals surface area contributed by atoms with Crippen LogP contribution in [0.15, 0.2) is 0 Å². The molecule has 17 nitrogen and oxygen atoms in total. The second-order valence-electron chi connectivity index (χ2n) is 16.4. The van der Waals surface area contributed by atoms with Gasteiger partial charge in [0.1, 0.15) is 19.3 Å². The number of aliphatic hydroxyl groups excluding tert-OH is 1. The van der Waals surface area contributed by atoms with Crippen LogP contribution in [-0.4, -0.2) is 96.7 Å². The summed E-state index contributed by atoms with van der Waals surface area (Å²) < 4.78 is 66.2. The summed E-state index contributed by atoms with van der Waals surface area (Å²) in [7, 11) is -9.81. The number of phosphoric acid groups is 2. The fourth-order valence-electron chi connectivity index (χ4n) is 6.31. The molecular weight excluding hydrogens is 874 g/mol. The summed E-state index contributed by atoms with van der Waals surface area (Å²) in [5.41, 5.74) is 0. The molecule has 2 unspecified atom stereocenters. The molecule has 3 N–H and O–H groups in total. The fourth-order valence-corrected chi connectivity index (χ4v) is 7.89. The van der Waals surface area contributed by atoms with Gasteiger partial charge in [-0.05, 0) is 25.7 Å². The predicted octanol–water partition coefficient (Wildman–Crippen LogP) is 10.5. The molecule has 0 aromatic heterocycles. The van der Waals surface area contributed by atoms with Gasteiger partial charge in [-0.15, -0.1) is 0 Å². The van der Waals surface area contributed by atoms with Crippen molar-refractivity contribution < 1.29 is 80.2 Å². The monoisotopic (exact) mass is 961 g/mol. The average Bonchev–Trinajstić information content (AvgIpc) is 3.25. The molecule has 5 atom stereocenters. The van der Waals surface area contributed by atoms with Crippen LogP contribution in [0.2, 0.25) is 0 Å². The number of carbonyl (C=O) groups is 4. The van der Waals surface area contributed by atoms with Gasteiger partial charge >= 0.3 is 39.5 Å². The molecule has 0 saturated carbocycles. The molecule has 64 heavy (non-hydrogen) atoms. The zero-order chi connectivity index (χ0) is 47.7. The lowest BCUT2D eigenvalue weighted by Crippen LogP contribution is -2.30. The Labute approximate surface area is 384 Å². The van der Waals surface area contributed by atoms with Crippen LogP contribution in [-0.2, 0) is 65.4 Å². The number of hydrogen-bond donors (Lipinski definition) is 3. The van der Waals surface area contributed by atoms with E-state index in [0.29, 0.717) is 25.7 Å². The summed E-state index contributed by atoms with van der Waals surface area (Å²) in [5.74, 6) is -2.23. The lowest BCUT2D eigenvalue weighted by Gasteiger charge is -2.21. The Hall–Kier alpha value is -1.94. The summed E-state index contributed by atoms with van der Waals surface area (Å²) >= 11 is 0. The van der Waals surface area contributed by atoms with Gasteiger partial charge in [0.25, 0.3) is 0 Å². The molecule has 378 valence electrons. The zero-order valence-electron chi connectivity index (χ0n) is 39.7. The average molecular weight is 961 g/mol. The Balaban J connectivity index is 4.99. The largest absolute Gasteiger partial charge is 0.472 e. The van der Waals surface area contributed by atoms with E-state index in [1.54, 1.807) is 6.92 Å². The molecule has 0 heterocycles. The quantitative estimate of drug-likeness (QED) is 0.0222. The van der Waals surface area contributed by atoms with Gasteiger partial charge in [0.2, 0.25) is 0 Å². The first-order valence-corrected chi connectivity index (χ1v) is 27.3. The van der Waals surface area contributed by atoms with Crippen molar-refractivity contribution in [3.8, 4) is 0 Å². The molecule has 0 bridgehead atoms. The van der Waals surface area contributed by atoms with Crippen molar-refractivity contribution in [2.45, 2.75) is 226 Å². The van der Waals surface area contributed by atoms with Gasteiger partial charge in [-0.25, -0.2) is 9.13 Å². The molecule has 0 aliphatic heterocycles. The van der Waals surface area contributed by atoms with E-state index in [9.17, 15) is 43.2 Å². The van der Waals surface area contributed by atoms with E-state index in [2.05, 4.69) is 20.8 Å². The molecule has 0 spiro atoms. The maximum Gasteiger partial charge on any atom is 0.472 e. The van der Waals surface area contributed by atoms with Crippen molar-refractivity contribution in [3.05, 3.63) is 0 Å². The number of aliphatic hydroxyl groups is 1. The second kappa shape index (κ2) is 41.3. The molecular formula is C45H86O17P2. The number of phosphoric ester groups is 2. The van der Waals surface area contributed by atoms with E-state index >= 15 is 0 Å². The summed E-state index contributed by atoms with van der Waals surface area (Å²) in [5, 5.41) is 10.3. The minimum absolute atomic E-state index is 0.0992. The normalized spacial score (nSPS) is 14.8. The zero-order valence-corrected chi connectivity index (χ0v) is 41.5. The van der Waals surface area contributed by atoms with Crippen LogP contribution >= 0.6 is 15.6 Å². The van der Waals surface area contributed by atoms with Crippen molar-refractivity contribution in [2.24, 2.45) is 0 Å². The fraction of sp³-hybridized carbons (Fsp3) is 0.911. The molecule has 0 radical (unpaired) electrons. The molecule has 0 aromatic carbocycles. The van der Waals surface area contributed by atoms with Gasteiger partial charge < -0.3 is 33.8 Å². The van der Waals surface area contributed by atoms with E-state index in [1.165, 1.54) is 51.4 Å². The number of esters is 4. The molecule has 0 amide bonds. The van der Waals surface area contributed by atoms with Crippen LogP contribution in [0, 0.1) is 0 Å².